The van der Waals surface area contributed by atoms with Crippen LogP contribution in [0.1, 0.15) is 18.6 Å². The molecule has 0 radical (unpaired) electrons. The zero-order chi connectivity index (χ0) is 15.3. The second-order valence-corrected chi connectivity index (χ2v) is 8.72. The summed E-state index contributed by atoms with van der Waals surface area (Å²) in [4.78, 5) is 16.4. The number of nitrogens with zero attached hydrogens (tertiary/aromatic N) is 2. The topological polar surface area (TPSA) is 70.8 Å². The molecule has 0 bridgehead atoms. The van der Waals surface area contributed by atoms with E-state index in [1.165, 1.54) is 0 Å². The van der Waals surface area contributed by atoms with E-state index in [0.717, 1.165) is 18.6 Å². The minimum Gasteiger partial charge on any atom is -0.468 e. The van der Waals surface area contributed by atoms with E-state index in [9.17, 15) is 13.2 Å². The van der Waals surface area contributed by atoms with Crippen molar-refractivity contribution in [2.24, 2.45) is 5.92 Å². The van der Waals surface area contributed by atoms with Gasteiger partial charge in [0.25, 0.3) is 0 Å². The Labute approximate surface area is 130 Å². The number of sulfone groups is 1. The Bertz CT molecular complexity index is 666. The Morgan fingerprint density at radius 3 is 2.68 bits per heavy atom. The van der Waals surface area contributed by atoms with E-state index < -0.39 is 9.84 Å². The third kappa shape index (κ3) is 2.56. The number of fused-ring (bicyclic) bond motifs is 1. The van der Waals surface area contributed by atoms with Crippen molar-refractivity contribution in [1.82, 2.24) is 9.80 Å². The van der Waals surface area contributed by atoms with Crippen LogP contribution in [0.15, 0.2) is 22.8 Å². The van der Waals surface area contributed by atoms with Crippen LogP contribution in [-0.4, -0.2) is 60.8 Å². The Morgan fingerprint density at radius 2 is 2.00 bits per heavy atom. The van der Waals surface area contributed by atoms with Gasteiger partial charge >= 0.3 is 0 Å². The summed E-state index contributed by atoms with van der Waals surface area (Å²) in [6.45, 7) is 1.93. The van der Waals surface area contributed by atoms with Gasteiger partial charge in [0, 0.05) is 25.0 Å². The van der Waals surface area contributed by atoms with E-state index >= 15 is 0 Å². The number of piperazine rings is 1. The molecule has 2 atom stereocenters. The molecule has 0 spiro atoms. The molecule has 2 aliphatic heterocycles. The van der Waals surface area contributed by atoms with Crippen LogP contribution in [0.5, 0.6) is 0 Å². The van der Waals surface area contributed by atoms with Crippen LogP contribution in [0.3, 0.4) is 0 Å². The van der Waals surface area contributed by atoms with Crippen molar-refractivity contribution in [3.63, 3.8) is 0 Å². The Hall–Kier alpha value is -1.34. The van der Waals surface area contributed by atoms with Gasteiger partial charge < -0.3 is 9.32 Å². The average molecular weight is 324 g/mol. The first-order valence-corrected chi connectivity index (χ1v) is 9.63. The number of furan rings is 1. The molecule has 0 aromatic carbocycles. The molecule has 1 aromatic heterocycles. The highest BCUT2D eigenvalue weighted by Gasteiger charge is 2.49. The Balaban J connectivity index is 1.56. The molecule has 3 aliphatic rings. The molecule has 1 aliphatic carbocycles. The molecule has 0 unspecified atom stereocenters. The smallest absolute Gasteiger partial charge is 0.226 e. The van der Waals surface area contributed by atoms with E-state index in [0.29, 0.717) is 19.6 Å². The van der Waals surface area contributed by atoms with Crippen LogP contribution in [-0.2, 0) is 21.2 Å². The molecule has 6 nitrogen and oxygen atoms in total. The zero-order valence-corrected chi connectivity index (χ0v) is 13.2. The number of amides is 1. The molecule has 3 fully saturated rings. The van der Waals surface area contributed by atoms with Crippen molar-refractivity contribution in [3.8, 4) is 0 Å². The van der Waals surface area contributed by atoms with Crippen molar-refractivity contribution >= 4 is 15.7 Å². The van der Waals surface area contributed by atoms with Crippen molar-refractivity contribution in [2.45, 2.75) is 31.5 Å². The lowest BCUT2D eigenvalue weighted by atomic mass is 10.0. The van der Waals surface area contributed by atoms with Crippen LogP contribution >= 0.6 is 0 Å². The number of hydrogen-bond donors (Lipinski definition) is 0. The Kier molecular flexibility index (Phi) is 3.30. The molecule has 22 heavy (non-hydrogen) atoms. The first-order chi connectivity index (χ1) is 10.5. The number of hydrogen-bond acceptors (Lipinski definition) is 5. The zero-order valence-electron chi connectivity index (χ0n) is 12.3. The van der Waals surface area contributed by atoms with Crippen molar-refractivity contribution in [2.75, 3.05) is 24.6 Å². The third-order valence-electron chi connectivity index (χ3n) is 4.94. The quantitative estimate of drug-likeness (QED) is 0.810. The summed E-state index contributed by atoms with van der Waals surface area (Å²) < 4.78 is 29.6. The van der Waals surface area contributed by atoms with Gasteiger partial charge in [0.2, 0.25) is 5.91 Å². The molecule has 4 rings (SSSR count). The summed E-state index contributed by atoms with van der Waals surface area (Å²) in [7, 11) is -3.08. The van der Waals surface area contributed by atoms with Gasteiger partial charge in [-0.1, -0.05) is 0 Å². The highest BCUT2D eigenvalue weighted by Crippen LogP contribution is 2.35. The molecule has 1 aromatic rings. The highest BCUT2D eigenvalue weighted by atomic mass is 32.2. The monoisotopic (exact) mass is 324 g/mol. The molecule has 1 saturated carbocycles. The summed E-state index contributed by atoms with van der Waals surface area (Å²) >= 11 is 0. The van der Waals surface area contributed by atoms with E-state index in [4.69, 9.17) is 4.42 Å². The van der Waals surface area contributed by atoms with Crippen LogP contribution in [0.25, 0.3) is 0 Å². The predicted octanol–water partition coefficient (Wildman–Crippen LogP) is 0.499. The fourth-order valence-electron chi connectivity index (χ4n) is 3.66. The maximum atomic E-state index is 12.4. The maximum absolute atomic E-state index is 12.4. The van der Waals surface area contributed by atoms with Crippen LogP contribution < -0.4 is 0 Å². The van der Waals surface area contributed by atoms with Crippen LogP contribution in [0, 0.1) is 5.92 Å². The van der Waals surface area contributed by atoms with Gasteiger partial charge in [0.05, 0.1) is 30.4 Å². The Morgan fingerprint density at radius 1 is 1.23 bits per heavy atom. The second-order valence-electron chi connectivity index (χ2n) is 6.57. The van der Waals surface area contributed by atoms with E-state index in [2.05, 4.69) is 4.90 Å². The van der Waals surface area contributed by atoms with Gasteiger partial charge in [-0.2, -0.15) is 0 Å². The van der Waals surface area contributed by atoms with Gasteiger partial charge in [0.1, 0.15) is 5.76 Å². The molecule has 2 saturated heterocycles. The normalized spacial score (nSPS) is 31.2. The summed E-state index contributed by atoms with van der Waals surface area (Å²) in [6, 6.07) is 3.44. The van der Waals surface area contributed by atoms with Crippen molar-refractivity contribution in [3.05, 3.63) is 24.2 Å². The number of rotatable bonds is 3. The molecule has 7 heteroatoms. The van der Waals surface area contributed by atoms with Crippen molar-refractivity contribution in [1.29, 1.82) is 0 Å². The molecule has 0 N–H and O–H groups in total. The van der Waals surface area contributed by atoms with Gasteiger partial charge in [-0.25, -0.2) is 8.42 Å². The van der Waals surface area contributed by atoms with Gasteiger partial charge in [-0.05, 0) is 25.0 Å². The fraction of sp³-hybridized carbons (Fsp3) is 0.667. The van der Waals surface area contributed by atoms with Crippen molar-refractivity contribution < 1.29 is 17.6 Å². The lowest BCUT2D eigenvalue weighted by Crippen LogP contribution is -2.60. The van der Waals surface area contributed by atoms with E-state index in [-0.39, 0.29) is 35.4 Å². The summed E-state index contributed by atoms with van der Waals surface area (Å²) in [6.07, 6.45) is 3.54. The van der Waals surface area contributed by atoms with Crippen LogP contribution in [0.4, 0.5) is 0 Å². The van der Waals surface area contributed by atoms with Gasteiger partial charge in [-0.15, -0.1) is 0 Å². The highest BCUT2D eigenvalue weighted by molar-refractivity contribution is 7.91. The first kappa shape index (κ1) is 14.3. The molecule has 3 heterocycles. The number of carbonyl (C=O) groups excluding carboxylic acids is 1. The third-order valence-corrected chi connectivity index (χ3v) is 6.64. The summed E-state index contributed by atoms with van der Waals surface area (Å²) in [5.41, 5.74) is 0. The predicted molar refractivity (Wildman–Crippen MR) is 79.8 cm³/mol. The molecule has 1 amide bonds. The fourth-order valence-corrected chi connectivity index (χ4v) is 5.67. The minimum atomic E-state index is -3.08. The van der Waals surface area contributed by atoms with E-state index in [1.807, 2.05) is 17.0 Å². The van der Waals surface area contributed by atoms with E-state index in [1.54, 1.807) is 6.26 Å². The molecule has 120 valence electrons. The molecular formula is C15H20N2O4S. The second kappa shape index (κ2) is 5.09. The largest absolute Gasteiger partial charge is 0.468 e. The van der Waals surface area contributed by atoms with Gasteiger partial charge in [-0.3, -0.25) is 9.69 Å². The lowest BCUT2D eigenvalue weighted by Gasteiger charge is -2.43. The standard InChI is InChI=1S/C15H20N2O4S/c18-15(11-3-4-11)17-6-5-16(8-12-2-1-7-21-12)13-9-22(19,20)10-14(13)17/h1-2,7,11,13-14H,3-6,8-10H2/t13-,14+/m1/s1. The van der Waals surface area contributed by atoms with Gasteiger partial charge in [0.15, 0.2) is 9.84 Å². The SMILES string of the molecule is O=C(C1CC1)N1CCN(Cc2ccco2)[C@@H]2CS(=O)(=O)C[C@@H]21. The number of carbonyl (C=O) groups is 1. The average Bonchev–Trinajstić information content (AvgIpc) is 3.09. The summed E-state index contributed by atoms with van der Waals surface area (Å²) in [5, 5.41) is 0. The summed E-state index contributed by atoms with van der Waals surface area (Å²) in [5.74, 6) is 1.38. The minimum absolute atomic E-state index is 0.102. The maximum Gasteiger partial charge on any atom is 0.226 e. The van der Waals surface area contributed by atoms with Crippen LogP contribution in [0.2, 0.25) is 0 Å². The first-order valence-electron chi connectivity index (χ1n) is 7.81. The lowest BCUT2D eigenvalue weighted by molar-refractivity contribution is -0.138. The molecular weight excluding hydrogens is 304 g/mol.